The highest BCUT2D eigenvalue weighted by Crippen LogP contribution is 2.25. The molecule has 17 heavy (non-hydrogen) atoms. The number of methoxy groups -OCH3 is 1. The zero-order valence-corrected chi connectivity index (χ0v) is 10.0. The third kappa shape index (κ3) is 2.84. The van der Waals surface area contributed by atoms with Crippen molar-refractivity contribution in [2.75, 3.05) is 19.0 Å². The van der Waals surface area contributed by atoms with Crippen LogP contribution in [0.3, 0.4) is 0 Å². The van der Waals surface area contributed by atoms with Crippen LogP contribution in [-0.4, -0.2) is 19.6 Å². The summed E-state index contributed by atoms with van der Waals surface area (Å²) in [6.45, 7) is 0.505. The summed E-state index contributed by atoms with van der Waals surface area (Å²) in [5.41, 5.74) is 9.13. The molecule has 0 saturated carbocycles. The molecule has 1 unspecified atom stereocenters. The molecule has 0 spiro atoms. The zero-order chi connectivity index (χ0) is 12.3. The van der Waals surface area contributed by atoms with Crippen LogP contribution in [0.25, 0.3) is 0 Å². The van der Waals surface area contributed by atoms with Crippen molar-refractivity contribution >= 4 is 11.6 Å². The maximum atomic E-state index is 11.4. The Bertz CT molecular complexity index is 418. The Labute approximate surface area is 101 Å². The number of carbonyl (C=O) groups excluding carboxylic acids is 1. The number of nitrogens with two attached hydrogens (primary N) is 1. The third-order valence-corrected chi connectivity index (χ3v) is 3.03. The van der Waals surface area contributed by atoms with E-state index in [1.807, 2.05) is 12.1 Å². The van der Waals surface area contributed by atoms with Crippen LogP contribution in [0.4, 0.5) is 5.69 Å². The van der Waals surface area contributed by atoms with Gasteiger partial charge in [0.25, 0.3) is 0 Å². The molecule has 0 fully saturated rings. The van der Waals surface area contributed by atoms with Gasteiger partial charge in [0.1, 0.15) is 0 Å². The first-order valence-corrected chi connectivity index (χ1v) is 5.88. The fraction of sp³-hybridized carbons (Fsp3) is 0.462. The lowest BCUT2D eigenvalue weighted by molar-refractivity contribution is -0.116. The molecule has 4 heteroatoms. The van der Waals surface area contributed by atoms with Gasteiger partial charge in [-0.25, -0.2) is 0 Å². The summed E-state index contributed by atoms with van der Waals surface area (Å²) in [7, 11) is 1.64. The molecule has 0 bridgehead atoms. The van der Waals surface area contributed by atoms with Gasteiger partial charge in [0, 0.05) is 19.2 Å². The normalized spacial score (nSPS) is 16.9. The Morgan fingerprint density at radius 1 is 1.47 bits per heavy atom. The van der Waals surface area contributed by atoms with Gasteiger partial charge in [-0.1, -0.05) is 12.1 Å². The molecule has 0 aromatic heterocycles. The highest BCUT2D eigenvalue weighted by molar-refractivity contribution is 5.92. The Hall–Kier alpha value is -1.39. The molecule has 0 radical (unpaired) electrons. The highest BCUT2D eigenvalue weighted by Gasteiger charge is 2.14. The molecule has 1 aromatic rings. The molecule has 1 heterocycles. The Morgan fingerprint density at radius 2 is 2.29 bits per heavy atom. The van der Waals surface area contributed by atoms with E-state index in [0.29, 0.717) is 13.0 Å². The van der Waals surface area contributed by atoms with E-state index in [1.165, 1.54) is 5.56 Å². The first kappa shape index (κ1) is 12.1. The van der Waals surface area contributed by atoms with E-state index < -0.39 is 0 Å². The van der Waals surface area contributed by atoms with Gasteiger partial charge in [-0.3, -0.25) is 4.79 Å². The van der Waals surface area contributed by atoms with Gasteiger partial charge < -0.3 is 15.8 Å². The molecule has 0 saturated heterocycles. The van der Waals surface area contributed by atoms with Crippen LogP contribution in [0.1, 0.15) is 30.0 Å². The Kier molecular flexibility index (Phi) is 3.76. The van der Waals surface area contributed by atoms with Crippen LogP contribution in [0.2, 0.25) is 0 Å². The third-order valence-electron chi connectivity index (χ3n) is 3.03. The fourth-order valence-electron chi connectivity index (χ4n) is 2.10. The van der Waals surface area contributed by atoms with E-state index in [9.17, 15) is 4.79 Å². The lowest BCUT2D eigenvalue weighted by atomic mass is 10.0. The van der Waals surface area contributed by atoms with Crippen LogP contribution in [-0.2, 0) is 16.0 Å². The second-order valence-corrected chi connectivity index (χ2v) is 4.38. The maximum absolute atomic E-state index is 11.4. The molecule has 1 aliphatic rings. The quantitative estimate of drug-likeness (QED) is 0.835. The minimum Gasteiger partial charge on any atom is -0.383 e. The number of rotatable bonds is 3. The number of amides is 1. The average Bonchev–Trinajstić information content (AvgIpc) is 2.49. The van der Waals surface area contributed by atoms with Gasteiger partial charge in [0.05, 0.1) is 12.6 Å². The topological polar surface area (TPSA) is 64.3 Å². The maximum Gasteiger partial charge on any atom is 0.224 e. The number of carbonyl (C=O) groups is 1. The SMILES string of the molecule is COCC(N)c1ccc2c(c1)CCCC(=O)N2. The predicted octanol–water partition coefficient (Wildman–Crippen LogP) is 1.61. The molecule has 1 aliphatic heterocycles. The fourth-order valence-corrected chi connectivity index (χ4v) is 2.10. The van der Waals surface area contributed by atoms with Gasteiger partial charge in [0.2, 0.25) is 5.91 Å². The number of ether oxygens (including phenoxy) is 1. The van der Waals surface area contributed by atoms with E-state index in [0.717, 1.165) is 24.1 Å². The summed E-state index contributed by atoms with van der Waals surface area (Å²) >= 11 is 0. The summed E-state index contributed by atoms with van der Waals surface area (Å²) in [5.74, 6) is 0.0951. The minimum absolute atomic E-state index is 0.0951. The number of aryl methyl sites for hydroxylation is 1. The number of hydrogen-bond donors (Lipinski definition) is 2. The minimum atomic E-state index is -0.107. The van der Waals surface area contributed by atoms with Crippen LogP contribution >= 0.6 is 0 Å². The standard InChI is InChI=1S/C13H18N2O2/c1-17-8-11(14)9-5-6-12-10(7-9)3-2-4-13(16)15-12/h5-7,11H,2-4,8,14H2,1H3,(H,15,16). The molecular weight excluding hydrogens is 216 g/mol. The van der Waals surface area contributed by atoms with Crippen molar-refractivity contribution in [1.82, 2.24) is 0 Å². The van der Waals surface area contributed by atoms with Crippen molar-refractivity contribution in [1.29, 1.82) is 0 Å². The lowest BCUT2D eigenvalue weighted by Crippen LogP contribution is -2.16. The monoisotopic (exact) mass is 234 g/mol. The molecule has 3 N–H and O–H groups in total. The molecule has 1 amide bonds. The number of anilines is 1. The lowest BCUT2D eigenvalue weighted by Gasteiger charge is -2.14. The van der Waals surface area contributed by atoms with Gasteiger partial charge >= 0.3 is 0 Å². The Balaban J connectivity index is 2.24. The second kappa shape index (κ2) is 5.29. The van der Waals surface area contributed by atoms with Gasteiger partial charge in [-0.05, 0) is 30.0 Å². The predicted molar refractivity (Wildman–Crippen MR) is 66.8 cm³/mol. The van der Waals surface area contributed by atoms with Crippen molar-refractivity contribution in [2.45, 2.75) is 25.3 Å². The molecule has 1 aromatic carbocycles. The smallest absolute Gasteiger partial charge is 0.224 e. The molecule has 0 aliphatic carbocycles. The van der Waals surface area contributed by atoms with Crippen molar-refractivity contribution in [3.63, 3.8) is 0 Å². The molecule has 92 valence electrons. The van der Waals surface area contributed by atoms with Crippen molar-refractivity contribution < 1.29 is 9.53 Å². The van der Waals surface area contributed by atoms with E-state index in [-0.39, 0.29) is 11.9 Å². The van der Waals surface area contributed by atoms with Crippen LogP contribution in [0, 0.1) is 0 Å². The number of fused-ring (bicyclic) bond motifs is 1. The largest absolute Gasteiger partial charge is 0.383 e. The van der Waals surface area contributed by atoms with E-state index in [4.69, 9.17) is 10.5 Å². The van der Waals surface area contributed by atoms with Crippen LogP contribution in [0.5, 0.6) is 0 Å². The Morgan fingerprint density at radius 3 is 3.06 bits per heavy atom. The molecular formula is C13H18N2O2. The summed E-state index contributed by atoms with van der Waals surface area (Å²) in [4.78, 5) is 11.4. The van der Waals surface area contributed by atoms with Gasteiger partial charge in [0.15, 0.2) is 0 Å². The summed E-state index contributed by atoms with van der Waals surface area (Å²) in [5, 5.41) is 2.91. The number of benzene rings is 1. The van der Waals surface area contributed by atoms with Gasteiger partial charge in [-0.15, -0.1) is 0 Å². The van der Waals surface area contributed by atoms with Crippen LogP contribution in [0.15, 0.2) is 18.2 Å². The molecule has 1 atom stereocenters. The van der Waals surface area contributed by atoms with Crippen molar-refractivity contribution in [3.05, 3.63) is 29.3 Å². The average molecular weight is 234 g/mol. The van der Waals surface area contributed by atoms with Crippen molar-refractivity contribution in [2.24, 2.45) is 5.73 Å². The second-order valence-electron chi connectivity index (χ2n) is 4.38. The zero-order valence-electron chi connectivity index (χ0n) is 10.0. The molecule has 4 nitrogen and oxygen atoms in total. The first-order chi connectivity index (χ1) is 8.20. The number of hydrogen-bond acceptors (Lipinski definition) is 3. The van der Waals surface area contributed by atoms with Gasteiger partial charge in [-0.2, -0.15) is 0 Å². The highest BCUT2D eigenvalue weighted by atomic mass is 16.5. The van der Waals surface area contributed by atoms with E-state index in [1.54, 1.807) is 7.11 Å². The summed E-state index contributed by atoms with van der Waals surface area (Å²) in [6.07, 6.45) is 2.40. The summed E-state index contributed by atoms with van der Waals surface area (Å²) < 4.78 is 5.05. The molecule has 2 rings (SSSR count). The van der Waals surface area contributed by atoms with Crippen LogP contribution < -0.4 is 11.1 Å². The number of nitrogens with one attached hydrogen (secondary N) is 1. The van der Waals surface area contributed by atoms with E-state index >= 15 is 0 Å². The van der Waals surface area contributed by atoms with Crippen molar-refractivity contribution in [3.8, 4) is 0 Å². The summed E-state index contributed by atoms with van der Waals surface area (Å²) in [6, 6.07) is 5.85. The van der Waals surface area contributed by atoms with E-state index in [2.05, 4.69) is 11.4 Å². The first-order valence-electron chi connectivity index (χ1n) is 5.88.